The SMILES string of the molecule is OCC(CO)N1CCC(O)C1(O)CO. The molecular weight excluding hydrogens is 190 g/mol. The van der Waals surface area contributed by atoms with Crippen molar-refractivity contribution < 1.29 is 25.5 Å². The molecule has 0 aliphatic carbocycles. The van der Waals surface area contributed by atoms with Gasteiger partial charge >= 0.3 is 0 Å². The molecule has 1 rings (SSSR count). The molecule has 14 heavy (non-hydrogen) atoms. The standard InChI is InChI=1S/C8H17NO5/c10-3-6(4-11)9-2-1-7(13)8(9,14)5-12/h6-7,10-14H,1-5H2. The van der Waals surface area contributed by atoms with Crippen molar-refractivity contribution in [2.45, 2.75) is 24.3 Å². The van der Waals surface area contributed by atoms with Crippen molar-refractivity contribution >= 4 is 0 Å². The second kappa shape index (κ2) is 4.52. The Kier molecular flexibility index (Phi) is 3.82. The van der Waals surface area contributed by atoms with E-state index < -0.39 is 24.5 Å². The summed E-state index contributed by atoms with van der Waals surface area (Å²) in [7, 11) is 0. The zero-order valence-electron chi connectivity index (χ0n) is 7.87. The van der Waals surface area contributed by atoms with E-state index in [1.54, 1.807) is 0 Å². The topological polar surface area (TPSA) is 104 Å². The highest BCUT2D eigenvalue weighted by Crippen LogP contribution is 2.28. The van der Waals surface area contributed by atoms with Gasteiger partial charge in [-0.05, 0) is 6.42 Å². The average Bonchev–Trinajstić information content (AvgIpc) is 2.49. The maximum atomic E-state index is 9.86. The summed E-state index contributed by atoms with van der Waals surface area (Å²) in [5.41, 5.74) is -1.74. The average molecular weight is 207 g/mol. The van der Waals surface area contributed by atoms with Gasteiger partial charge in [-0.25, -0.2) is 0 Å². The van der Waals surface area contributed by atoms with Gasteiger partial charge in [0.05, 0.1) is 32.0 Å². The summed E-state index contributed by atoms with van der Waals surface area (Å²) in [6, 6.07) is -0.649. The van der Waals surface area contributed by atoms with Gasteiger partial charge in [0.2, 0.25) is 0 Å². The van der Waals surface area contributed by atoms with Crippen LogP contribution in [0.4, 0.5) is 0 Å². The molecule has 0 aromatic heterocycles. The lowest BCUT2D eigenvalue weighted by Crippen LogP contribution is -2.58. The minimum absolute atomic E-state index is 0.313. The van der Waals surface area contributed by atoms with Crippen LogP contribution in [0.2, 0.25) is 0 Å². The molecule has 1 aliphatic rings. The van der Waals surface area contributed by atoms with E-state index in [1.807, 2.05) is 0 Å². The second-order valence-corrected chi connectivity index (χ2v) is 3.55. The first kappa shape index (κ1) is 11.8. The van der Waals surface area contributed by atoms with Crippen molar-refractivity contribution in [2.24, 2.45) is 0 Å². The van der Waals surface area contributed by atoms with E-state index in [4.69, 9.17) is 15.3 Å². The lowest BCUT2D eigenvalue weighted by Gasteiger charge is -2.37. The molecule has 6 heteroatoms. The highest BCUT2D eigenvalue weighted by Gasteiger charge is 2.48. The van der Waals surface area contributed by atoms with Gasteiger partial charge in [0.25, 0.3) is 0 Å². The minimum atomic E-state index is -1.74. The van der Waals surface area contributed by atoms with Crippen LogP contribution in [0.15, 0.2) is 0 Å². The molecule has 0 spiro atoms. The maximum absolute atomic E-state index is 9.86. The fourth-order valence-corrected chi connectivity index (χ4v) is 1.83. The number of hydrogen-bond acceptors (Lipinski definition) is 6. The third kappa shape index (κ3) is 1.77. The van der Waals surface area contributed by atoms with Crippen molar-refractivity contribution in [3.05, 3.63) is 0 Å². The third-order valence-corrected chi connectivity index (χ3v) is 2.77. The zero-order chi connectivity index (χ0) is 10.8. The number of likely N-dealkylation sites (tertiary alicyclic amines) is 1. The van der Waals surface area contributed by atoms with E-state index in [0.29, 0.717) is 13.0 Å². The molecule has 0 saturated carbocycles. The summed E-state index contributed by atoms with van der Waals surface area (Å²) in [5, 5.41) is 46.1. The van der Waals surface area contributed by atoms with E-state index in [-0.39, 0.29) is 13.2 Å². The van der Waals surface area contributed by atoms with Gasteiger partial charge in [-0.1, -0.05) is 0 Å². The molecule has 1 fully saturated rings. The summed E-state index contributed by atoms with van der Waals surface area (Å²) in [4.78, 5) is 1.33. The number of rotatable bonds is 4. The van der Waals surface area contributed by atoms with Crippen molar-refractivity contribution in [2.75, 3.05) is 26.4 Å². The first-order valence-corrected chi connectivity index (χ1v) is 4.60. The Hall–Kier alpha value is -0.240. The second-order valence-electron chi connectivity index (χ2n) is 3.55. The largest absolute Gasteiger partial charge is 0.395 e. The molecule has 1 saturated heterocycles. The van der Waals surface area contributed by atoms with E-state index in [2.05, 4.69) is 0 Å². The van der Waals surface area contributed by atoms with Crippen LogP contribution in [0.1, 0.15) is 6.42 Å². The molecule has 84 valence electrons. The number of aliphatic hydroxyl groups excluding tert-OH is 4. The van der Waals surface area contributed by atoms with Crippen molar-refractivity contribution in [1.29, 1.82) is 0 Å². The van der Waals surface area contributed by atoms with Gasteiger partial charge in [-0.2, -0.15) is 0 Å². The summed E-state index contributed by atoms with van der Waals surface area (Å²) in [6.07, 6.45) is -0.735. The summed E-state index contributed by atoms with van der Waals surface area (Å²) in [5.74, 6) is 0. The van der Waals surface area contributed by atoms with Gasteiger partial charge in [-0.3, -0.25) is 4.90 Å². The Balaban J connectivity index is 2.78. The van der Waals surface area contributed by atoms with Crippen LogP contribution in [0.3, 0.4) is 0 Å². The predicted octanol–water partition coefficient (Wildman–Crippen LogP) is -2.91. The highest BCUT2D eigenvalue weighted by molar-refractivity contribution is 4.96. The van der Waals surface area contributed by atoms with Crippen LogP contribution in [0.5, 0.6) is 0 Å². The first-order valence-electron chi connectivity index (χ1n) is 4.60. The quantitative estimate of drug-likeness (QED) is 0.338. The molecular formula is C8H17NO5. The molecule has 2 unspecified atom stereocenters. The van der Waals surface area contributed by atoms with Gasteiger partial charge < -0.3 is 25.5 Å². The zero-order valence-corrected chi connectivity index (χ0v) is 7.87. The minimum Gasteiger partial charge on any atom is -0.395 e. The number of aliphatic hydroxyl groups is 5. The van der Waals surface area contributed by atoms with Crippen molar-refractivity contribution in [1.82, 2.24) is 4.90 Å². The third-order valence-electron chi connectivity index (χ3n) is 2.77. The molecule has 0 radical (unpaired) electrons. The molecule has 6 nitrogen and oxygen atoms in total. The molecule has 2 atom stereocenters. The van der Waals surface area contributed by atoms with Crippen molar-refractivity contribution in [3.8, 4) is 0 Å². The van der Waals surface area contributed by atoms with Crippen LogP contribution >= 0.6 is 0 Å². The monoisotopic (exact) mass is 207 g/mol. The number of hydrogen-bond donors (Lipinski definition) is 5. The summed E-state index contributed by atoms with van der Waals surface area (Å²) < 4.78 is 0. The molecule has 5 N–H and O–H groups in total. The summed E-state index contributed by atoms with van der Waals surface area (Å²) >= 11 is 0. The Morgan fingerprint density at radius 3 is 2.29 bits per heavy atom. The Morgan fingerprint density at radius 1 is 1.29 bits per heavy atom. The molecule has 1 heterocycles. The van der Waals surface area contributed by atoms with Crippen LogP contribution < -0.4 is 0 Å². The highest BCUT2D eigenvalue weighted by atomic mass is 16.4. The molecule has 0 amide bonds. The van der Waals surface area contributed by atoms with Gasteiger partial charge in [-0.15, -0.1) is 0 Å². The first-order chi connectivity index (χ1) is 6.60. The fraction of sp³-hybridized carbons (Fsp3) is 1.00. The fourth-order valence-electron chi connectivity index (χ4n) is 1.83. The molecule has 0 aromatic rings. The number of nitrogens with zero attached hydrogens (tertiary/aromatic N) is 1. The van der Waals surface area contributed by atoms with E-state index in [1.165, 1.54) is 4.90 Å². The maximum Gasteiger partial charge on any atom is 0.168 e. The Bertz CT molecular complexity index is 187. The van der Waals surface area contributed by atoms with Crippen LogP contribution in [0.25, 0.3) is 0 Å². The normalized spacial score (nSPS) is 34.3. The van der Waals surface area contributed by atoms with Crippen LogP contribution in [-0.2, 0) is 0 Å². The smallest absolute Gasteiger partial charge is 0.168 e. The van der Waals surface area contributed by atoms with Crippen LogP contribution in [0, 0.1) is 0 Å². The molecule has 0 aromatic carbocycles. The molecule has 0 bridgehead atoms. The van der Waals surface area contributed by atoms with E-state index >= 15 is 0 Å². The predicted molar refractivity (Wildman–Crippen MR) is 47.3 cm³/mol. The Labute approximate surface area is 82.0 Å². The lowest BCUT2D eigenvalue weighted by atomic mass is 10.1. The lowest BCUT2D eigenvalue weighted by molar-refractivity contribution is -0.185. The summed E-state index contributed by atoms with van der Waals surface area (Å²) in [6.45, 7) is -0.939. The van der Waals surface area contributed by atoms with Crippen LogP contribution in [-0.4, -0.2) is 74.7 Å². The van der Waals surface area contributed by atoms with E-state index in [0.717, 1.165) is 0 Å². The van der Waals surface area contributed by atoms with Crippen molar-refractivity contribution in [3.63, 3.8) is 0 Å². The van der Waals surface area contributed by atoms with Gasteiger partial charge in [0.1, 0.15) is 0 Å². The van der Waals surface area contributed by atoms with Gasteiger partial charge in [0, 0.05) is 6.54 Å². The molecule has 1 aliphatic heterocycles. The Morgan fingerprint density at radius 2 is 1.86 bits per heavy atom. The van der Waals surface area contributed by atoms with Gasteiger partial charge in [0.15, 0.2) is 5.72 Å². The van der Waals surface area contributed by atoms with E-state index in [9.17, 15) is 10.2 Å².